The largest absolute Gasteiger partial charge is 0.398 e. The van der Waals surface area contributed by atoms with E-state index in [4.69, 9.17) is 5.73 Å². The number of halogens is 1. The molecule has 0 aromatic heterocycles. The Balaban J connectivity index is 2.46. The fourth-order valence-corrected chi connectivity index (χ4v) is 2.95. The van der Waals surface area contributed by atoms with Crippen LogP contribution in [0.5, 0.6) is 0 Å². The predicted octanol–water partition coefficient (Wildman–Crippen LogP) is 2.52. The molecule has 2 rings (SSSR count). The van der Waals surface area contributed by atoms with Crippen molar-refractivity contribution in [3.8, 4) is 0 Å². The summed E-state index contributed by atoms with van der Waals surface area (Å²) in [7, 11) is -3.90. The summed E-state index contributed by atoms with van der Waals surface area (Å²) in [6, 6.07) is 10.4. The molecule has 0 amide bonds. The van der Waals surface area contributed by atoms with Crippen molar-refractivity contribution >= 4 is 21.4 Å². The lowest BCUT2D eigenvalue weighted by Gasteiger charge is -2.12. The van der Waals surface area contributed by atoms with Gasteiger partial charge in [-0.3, -0.25) is 4.72 Å². The summed E-state index contributed by atoms with van der Waals surface area (Å²) in [4.78, 5) is -0.0716. The quantitative estimate of drug-likeness (QED) is 0.848. The Hall–Kier alpha value is -2.08. The number of hydrogen-bond donors (Lipinski definition) is 2. The van der Waals surface area contributed by atoms with Crippen molar-refractivity contribution in [3.05, 3.63) is 53.8 Å². The molecule has 6 heteroatoms. The number of benzene rings is 2. The van der Waals surface area contributed by atoms with Gasteiger partial charge in [0.2, 0.25) is 0 Å². The maximum atomic E-state index is 13.6. The number of anilines is 2. The molecular weight excluding hydrogens is 267 g/mol. The van der Waals surface area contributed by atoms with Crippen LogP contribution in [0.25, 0.3) is 0 Å². The van der Waals surface area contributed by atoms with Crippen molar-refractivity contribution in [2.45, 2.75) is 11.8 Å². The van der Waals surface area contributed by atoms with E-state index in [1.807, 2.05) is 0 Å². The molecule has 0 saturated carbocycles. The second-order valence-corrected chi connectivity index (χ2v) is 5.73. The first kappa shape index (κ1) is 13.4. The molecular formula is C13H13FN2O2S. The van der Waals surface area contributed by atoms with Gasteiger partial charge in [0.1, 0.15) is 10.7 Å². The standard InChI is InChI=1S/C13H13FN2O2S/c1-9-5-4-6-10(14)13(9)16-19(17,18)12-8-3-2-7-11(12)15/h2-8,16H,15H2,1H3. The van der Waals surface area contributed by atoms with E-state index in [0.717, 1.165) is 0 Å². The minimum atomic E-state index is -3.90. The van der Waals surface area contributed by atoms with Gasteiger partial charge < -0.3 is 5.73 Å². The van der Waals surface area contributed by atoms with Gasteiger partial charge >= 0.3 is 0 Å². The number of aryl methyl sites for hydroxylation is 1. The highest BCUT2D eigenvalue weighted by molar-refractivity contribution is 7.92. The fourth-order valence-electron chi connectivity index (χ4n) is 1.68. The van der Waals surface area contributed by atoms with Crippen molar-refractivity contribution in [2.75, 3.05) is 10.5 Å². The first-order valence-corrected chi connectivity index (χ1v) is 7.02. The minimum Gasteiger partial charge on any atom is -0.398 e. The van der Waals surface area contributed by atoms with Gasteiger partial charge in [-0.25, -0.2) is 12.8 Å². The van der Waals surface area contributed by atoms with Crippen LogP contribution >= 0.6 is 0 Å². The Morgan fingerprint density at radius 1 is 1.11 bits per heavy atom. The Bertz CT molecular complexity index is 694. The fraction of sp³-hybridized carbons (Fsp3) is 0.0769. The monoisotopic (exact) mass is 280 g/mol. The van der Waals surface area contributed by atoms with E-state index < -0.39 is 15.8 Å². The van der Waals surface area contributed by atoms with Gasteiger partial charge in [-0.15, -0.1) is 0 Å². The summed E-state index contributed by atoms with van der Waals surface area (Å²) >= 11 is 0. The van der Waals surface area contributed by atoms with Crippen LogP contribution in [0.2, 0.25) is 0 Å². The molecule has 0 radical (unpaired) electrons. The zero-order valence-corrected chi connectivity index (χ0v) is 11.0. The molecule has 100 valence electrons. The molecule has 0 unspecified atom stereocenters. The topological polar surface area (TPSA) is 72.2 Å². The van der Waals surface area contributed by atoms with E-state index in [1.54, 1.807) is 25.1 Å². The Morgan fingerprint density at radius 3 is 2.42 bits per heavy atom. The highest BCUT2D eigenvalue weighted by atomic mass is 32.2. The van der Waals surface area contributed by atoms with Crippen LogP contribution in [-0.4, -0.2) is 8.42 Å². The smallest absolute Gasteiger partial charge is 0.264 e. The van der Waals surface area contributed by atoms with E-state index >= 15 is 0 Å². The Morgan fingerprint density at radius 2 is 1.79 bits per heavy atom. The van der Waals surface area contributed by atoms with Gasteiger partial charge in [-0.05, 0) is 30.7 Å². The van der Waals surface area contributed by atoms with Crippen LogP contribution in [0.3, 0.4) is 0 Å². The number of sulfonamides is 1. The number of rotatable bonds is 3. The Labute approximate surface area is 111 Å². The zero-order valence-electron chi connectivity index (χ0n) is 10.2. The third-order valence-corrected chi connectivity index (χ3v) is 4.09. The maximum Gasteiger partial charge on any atom is 0.264 e. The van der Waals surface area contributed by atoms with Crippen LogP contribution < -0.4 is 10.5 Å². The van der Waals surface area contributed by atoms with E-state index in [-0.39, 0.29) is 16.3 Å². The molecule has 3 N–H and O–H groups in total. The lowest BCUT2D eigenvalue weighted by molar-refractivity contribution is 0.598. The second kappa shape index (κ2) is 4.89. The number of para-hydroxylation sites is 2. The van der Waals surface area contributed by atoms with E-state index in [9.17, 15) is 12.8 Å². The highest BCUT2D eigenvalue weighted by Crippen LogP contribution is 2.25. The summed E-state index contributed by atoms with van der Waals surface area (Å²) < 4.78 is 40.2. The van der Waals surface area contributed by atoms with Gasteiger partial charge in [0, 0.05) is 0 Å². The average molecular weight is 280 g/mol. The summed E-state index contributed by atoms with van der Waals surface area (Å²) in [6.07, 6.45) is 0. The van der Waals surface area contributed by atoms with Crippen molar-refractivity contribution in [2.24, 2.45) is 0 Å². The normalized spacial score (nSPS) is 11.3. The molecule has 0 aliphatic carbocycles. The molecule has 0 aliphatic heterocycles. The van der Waals surface area contributed by atoms with E-state index in [1.165, 1.54) is 24.3 Å². The molecule has 4 nitrogen and oxygen atoms in total. The van der Waals surface area contributed by atoms with Crippen molar-refractivity contribution in [3.63, 3.8) is 0 Å². The van der Waals surface area contributed by atoms with Crippen molar-refractivity contribution in [1.29, 1.82) is 0 Å². The van der Waals surface area contributed by atoms with E-state index in [0.29, 0.717) is 5.56 Å². The molecule has 0 aliphatic rings. The van der Waals surface area contributed by atoms with Gasteiger partial charge in [0.25, 0.3) is 10.0 Å². The molecule has 0 saturated heterocycles. The van der Waals surface area contributed by atoms with Gasteiger partial charge in [-0.1, -0.05) is 24.3 Å². The highest BCUT2D eigenvalue weighted by Gasteiger charge is 2.19. The van der Waals surface area contributed by atoms with Gasteiger partial charge in [0.15, 0.2) is 0 Å². The molecule has 0 bridgehead atoms. The summed E-state index contributed by atoms with van der Waals surface area (Å²) in [5.74, 6) is -0.627. The van der Waals surface area contributed by atoms with Crippen LogP contribution in [-0.2, 0) is 10.0 Å². The molecule has 2 aromatic carbocycles. The summed E-state index contributed by atoms with van der Waals surface area (Å²) in [5.41, 5.74) is 6.17. The first-order valence-electron chi connectivity index (χ1n) is 5.54. The van der Waals surface area contributed by atoms with Gasteiger partial charge in [0.05, 0.1) is 11.4 Å². The first-order chi connectivity index (χ1) is 8.92. The van der Waals surface area contributed by atoms with Gasteiger partial charge in [-0.2, -0.15) is 0 Å². The molecule has 19 heavy (non-hydrogen) atoms. The average Bonchev–Trinajstić information content (AvgIpc) is 2.34. The summed E-state index contributed by atoms with van der Waals surface area (Å²) in [5, 5.41) is 0. The van der Waals surface area contributed by atoms with Crippen LogP contribution in [0.15, 0.2) is 47.4 Å². The number of nitrogens with two attached hydrogens (primary N) is 1. The molecule has 0 spiro atoms. The minimum absolute atomic E-state index is 0.0641. The zero-order chi connectivity index (χ0) is 14.0. The van der Waals surface area contributed by atoms with E-state index in [2.05, 4.69) is 4.72 Å². The molecule has 0 atom stereocenters. The number of nitrogens with one attached hydrogen (secondary N) is 1. The maximum absolute atomic E-state index is 13.6. The Kier molecular flexibility index (Phi) is 3.44. The van der Waals surface area contributed by atoms with Crippen LogP contribution in [0.4, 0.5) is 15.8 Å². The van der Waals surface area contributed by atoms with Crippen LogP contribution in [0, 0.1) is 12.7 Å². The van der Waals surface area contributed by atoms with Crippen LogP contribution in [0.1, 0.15) is 5.56 Å². The molecule has 0 fully saturated rings. The summed E-state index contributed by atoms with van der Waals surface area (Å²) in [6.45, 7) is 1.62. The number of hydrogen-bond acceptors (Lipinski definition) is 3. The SMILES string of the molecule is Cc1cccc(F)c1NS(=O)(=O)c1ccccc1N. The third-order valence-electron chi connectivity index (χ3n) is 2.67. The van der Waals surface area contributed by atoms with Crippen molar-refractivity contribution < 1.29 is 12.8 Å². The molecule has 2 aromatic rings. The number of nitrogen functional groups attached to an aromatic ring is 1. The second-order valence-electron chi connectivity index (χ2n) is 4.08. The lowest BCUT2D eigenvalue weighted by atomic mass is 10.2. The molecule has 0 heterocycles. The lowest BCUT2D eigenvalue weighted by Crippen LogP contribution is -2.16. The predicted molar refractivity (Wildman–Crippen MR) is 72.8 cm³/mol. The van der Waals surface area contributed by atoms with Crippen molar-refractivity contribution in [1.82, 2.24) is 0 Å². The third kappa shape index (κ3) is 2.68.